The summed E-state index contributed by atoms with van der Waals surface area (Å²) in [5, 5.41) is 23.2. The van der Waals surface area contributed by atoms with Crippen molar-refractivity contribution in [3.05, 3.63) is 35.9 Å². The largest absolute Gasteiger partial charge is 0.467 e. The van der Waals surface area contributed by atoms with E-state index < -0.39 is 30.1 Å². The SMILES string of the molecule is COC(=O)[C@H](CCC#N)NC(=O)C[C@H](O)CNC(=O)OCc1ccccc1. The molecule has 0 bridgehead atoms. The highest BCUT2D eigenvalue weighted by molar-refractivity contribution is 5.84. The normalized spacial score (nSPS) is 12.2. The maximum Gasteiger partial charge on any atom is 0.407 e. The first-order chi connectivity index (χ1) is 13.0. The topological polar surface area (TPSA) is 138 Å². The Morgan fingerprint density at radius 1 is 1.26 bits per heavy atom. The molecule has 0 saturated carbocycles. The highest BCUT2D eigenvalue weighted by Crippen LogP contribution is 2.02. The van der Waals surface area contributed by atoms with Gasteiger partial charge in [-0.2, -0.15) is 5.26 Å². The van der Waals surface area contributed by atoms with Crippen molar-refractivity contribution in [1.29, 1.82) is 5.26 Å². The number of carbonyl (C=O) groups is 3. The molecule has 0 aliphatic rings. The lowest BCUT2D eigenvalue weighted by molar-refractivity contribution is -0.145. The molecule has 0 aromatic heterocycles. The van der Waals surface area contributed by atoms with E-state index in [1.54, 1.807) is 12.1 Å². The number of carbonyl (C=O) groups excluding carboxylic acids is 3. The van der Waals surface area contributed by atoms with Crippen LogP contribution in [-0.2, 0) is 25.7 Å². The van der Waals surface area contributed by atoms with Gasteiger partial charge in [-0.25, -0.2) is 9.59 Å². The van der Waals surface area contributed by atoms with Crippen LogP contribution in [0.15, 0.2) is 30.3 Å². The predicted molar refractivity (Wildman–Crippen MR) is 94.0 cm³/mol. The van der Waals surface area contributed by atoms with Crippen molar-refractivity contribution >= 4 is 18.0 Å². The number of methoxy groups -OCH3 is 1. The third-order valence-corrected chi connectivity index (χ3v) is 3.48. The summed E-state index contributed by atoms with van der Waals surface area (Å²) in [6.07, 6.45) is -2.05. The average Bonchev–Trinajstić information content (AvgIpc) is 2.68. The number of rotatable bonds is 10. The number of hydrogen-bond acceptors (Lipinski definition) is 7. The number of nitrogens with zero attached hydrogens (tertiary/aromatic N) is 1. The van der Waals surface area contributed by atoms with Crippen LogP contribution in [0.5, 0.6) is 0 Å². The van der Waals surface area contributed by atoms with E-state index in [1.165, 1.54) is 7.11 Å². The Bertz CT molecular complexity index is 659. The Hall–Kier alpha value is -3.12. The van der Waals surface area contributed by atoms with E-state index in [9.17, 15) is 19.5 Å². The zero-order chi connectivity index (χ0) is 20.1. The summed E-state index contributed by atoms with van der Waals surface area (Å²) >= 11 is 0. The van der Waals surface area contributed by atoms with Crippen LogP contribution in [0.2, 0.25) is 0 Å². The number of aliphatic hydroxyl groups excluding tert-OH is 1. The van der Waals surface area contributed by atoms with Crippen molar-refractivity contribution in [2.75, 3.05) is 13.7 Å². The zero-order valence-electron chi connectivity index (χ0n) is 15.0. The molecule has 1 aromatic rings. The molecule has 0 heterocycles. The summed E-state index contributed by atoms with van der Waals surface area (Å²) < 4.78 is 9.54. The summed E-state index contributed by atoms with van der Waals surface area (Å²) in [6.45, 7) is -0.106. The molecular formula is C18H23N3O6. The van der Waals surface area contributed by atoms with Crippen molar-refractivity contribution in [2.45, 2.75) is 38.0 Å². The fourth-order valence-electron chi connectivity index (χ4n) is 2.11. The van der Waals surface area contributed by atoms with Gasteiger partial charge in [0, 0.05) is 13.0 Å². The smallest absolute Gasteiger partial charge is 0.407 e. The minimum absolute atomic E-state index is 0.0669. The second-order valence-corrected chi connectivity index (χ2v) is 5.64. The third kappa shape index (κ3) is 9.23. The lowest BCUT2D eigenvalue weighted by Crippen LogP contribution is -2.43. The second kappa shape index (κ2) is 12.3. The van der Waals surface area contributed by atoms with Gasteiger partial charge in [0.2, 0.25) is 5.91 Å². The van der Waals surface area contributed by atoms with Crippen molar-refractivity contribution < 1.29 is 29.0 Å². The monoisotopic (exact) mass is 377 g/mol. The molecule has 9 heteroatoms. The van der Waals surface area contributed by atoms with Gasteiger partial charge < -0.3 is 25.2 Å². The Kier molecular flexibility index (Phi) is 9.96. The number of alkyl carbamates (subject to hydrolysis) is 1. The van der Waals surface area contributed by atoms with Crippen LogP contribution in [0.4, 0.5) is 4.79 Å². The van der Waals surface area contributed by atoms with Crippen molar-refractivity contribution in [3.63, 3.8) is 0 Å². The molecular weight excluding hydrogens is 354 g/mol. The minimum Gasteiger partial charge on any atom is -0.467 e. The average molecular weight is 377 g/mol. The number of nitriles is 1. The van der Waals surface area contributed by atoms with Gasteiger partial charge >= 0.3 is 12.1 Å². The quantitative estimate of drug-likeness (QED) is 0.508. The van der Waals surface area contributed by atoms with E-state index in [2.05, 4.69) is 15.4 Å². The molecule has 2 amide bonds. The second-order valence-electron chi connectivity index (χ2n) is 5.64. The van der Waals surface area contributed by atoms with E-state index >= 15 is 0 Å². The molecule has 1 aromatic carbocycles. The van der Waals surface area contributed by atoms with Gasteiger partial charge in [-0.3, -0.25) is 4.79 Å². The van der Waals surface area contributed by atoms with Gasteiger partial charge in [0.15, 0.2) is 0 Å². The highest BCUT2D eigenvalue weighted by Gasteiger charge is 2.22. The first kappa shape index (κ1) is 21.9. The van der Waals surface area contributed by atoms with E-state index in [0.29, 0.717) is 0 Å². The number of ether oxygens (including phenoxy) is 2. The molecule has 3 N–H and O–H groups in total. The molecule has 0 radical (unpaired) electrons. The van der Waals surface area contributed by atoms with Crippen molar-refractivity contribution in [2.24, 2.45) is 0 Å². The standard InChI is InChI=1S/C18H23N3O6/c1-26-17(24)15(8-5-9-19)21-16(23)10-14(22)11-20-18(25)27-12-13-6-3-2-4-7-13/h2-4,6-7,14-15,22H,5,8,10-12H2,1H3,(H,20,25)(H,21,23)/t14-,15-/m0/s1. The summed E-state index contributed by atoms with van der Waals surface area (Å²) in [7, 11) is 1.17. The van der Waals surface area contributed by atoms with Crippen LogP contribution in [0.3, 0.4) is 0 Å². The van der Waals surface area contributed by atoms with Gasteiger partial charge in [0.1, 0.15) is 12.6 Å². The van der Waals surface area contributed by atoms with E-state index in [-0.39, 0.29) is 32.4 Å². The number of nitrogens with one attached hydrogen (secondary N) is 2. The van der Waals surface area contributed by atoms with Crippen molar-refractivity contribution in [1.82, 2.24) is 10.6 Å². The molecule has 0 fully saturated rings. The van der Waals surface area contributed by atoms with Gasteiger partial charge in [-0.05, 0) is 12.0 Å². The lowest BCUT2D eigenvalue weighted by Gasteiger charge is -2.17. The molecule has 0 aliphatic heterocycles. The molecule has 0 unspecified atom stereocenters. The first-order valence-corrected chi connectivity index (χ1v) is 8.33. The molecule has 27 heavy (non-hydrogen) atoms. The van der Waals surface area contributed by atoms with E-state index in [4.69, 9.17) is 10.00 Å². The molecule has 0 spiro atoms. The highest BCUT2D eigenvalue weighted by atomic mass is 16.5. The Labute approximate surface area is 157 Å². The van der Waals surface area contributed by atoms with E-state index in [0.717, 1.165) is 5.56 Å². The predicted octanol–water partition coefficient (Wildman–Crippen LogP) is 0.625. The Morgan fingerprint density at radius 2 is 1.96 bits per heavy atom. The van der Waals surface area contributed by atoms with Crippen LogP contribution < -0.4 is 10.6 Å². The Morgan fingerprint density at radius 3 is 2.59 bits per heavy atom. The van der Waals surface area contributed by atoms with Crippen LogP contribution in [-0.4, -0.2) is 48.9 Å². The van der Waals surface area contributed by atoms with Gasteiger partial charge in [-0.15, -0.1) is 0 Å². The summed E-state index contributed by atoms with van der Waals surface area (Å²) in [4.78, 5) is 35.1. The van der Waals surface area contributed by atoms with Crippen molar-refractivity contribution in [3.8, 4) is 6.07 Å². The fraction of sp³-hybridized carbons (Fsp3) is 0.444. The Balaban J connectivity index is 2.32. The summed E-state index contributed by atoms with van der Waals surface area (Å²) in [5.41, 5.74) is 0.818. The van der Waals surface area contributed by atoms with Gasteiger partial charge in [0.05, 0.1) is 25.7 Å². The molecule has 9 nitrogen and oxygen atoms in total. The molecule has 1 rings (SSSR count). The maximum atomic E-state index is 11.9. The van der Waals surface area contributed by atoms with E-state index in [1.807, 2.05) is 24.3 Å². The minimum atomic E-state index is -1.16. The lowest BCUT2D eigenvalue weighted by atomic mass is 10.1. The molecule has 0 saturated heterocycles. The molecule has 146 valence electrons. The zero-order valence-corrected chi connectivity index (χ0v) is 15.0. The number of aliphatic hydroxyl groups is 1. The summed E-state index contributed by atoms with van der Waals surface area (Å²) in [5.74, 6) is -1.27. The number of esters is 1. The van der Waals surface area contributed by atoms with Gasteiger partial charge in [-0.1, -0.05) is 30.3 Å². The fourth-order valence-corrected chi connectivity index (χ4v) is 2.11. The van der Waals surface area contributed by atoms with Crippen LogP contribution >= 0.6 is 0 Å². The van der Waals surface area contributed by atoms with Crippen LogP contribution in [0.1, 0.15) is 24.8 Å². The molecule has 2 atom stereocenters. The van der Waals surface area contributed by atoms with Crippen LogP contribution in [0.25, 0.3) is 0 Å². The number of amides is 2. The van der Waals surface area contributed by atoms with Crippen LogP contribution in [0, 0.1) is 11.3 Å². The van der Waals surface area contributed by atoms with Gasteiger partial charge in [0.25, 0.3) is 0 Å². The third-order valence-electron chi connectivity index (χ3n) is 3.48. The number of hydrogen-bond donors (Lipinski definition) is 3. The molecule has 0 aliphatic carbocycles. The maximum absolute atomic E-state index is 11.9. The first-order valence-electron chi connectivity index (χ1n) is 8.33. The number of benzene rings is 1. The summed E-state index contributed by atoms with van der Waals surface area (Å²) in [6, 6.07) is 10.00.